The lowest BCUT2D eigenvalue weighted by Crippen LogP contribution is -2.20. The molecule has 1 amide bonds. The number of hydrogen-bond donors (Lipinski definition) is 2. The number of carbonyl (C=O) groups is 1. The van der Waals surface area contributed by atoms with Crippen LogP contribution in [-0.2, 0) is 24.1 Å². The zero-order valence-corrected chi connectivity index (χ0v) is 18.0. The Balaban J connectivity index is 1.53. The van der Waals surface area contributed by atoms with Gasteiger partial charge in [-0.3, -0.25) is 4.79 Å². The van der Waals surface area contributed by atoms with Gasteiger partial charge in [-0.25, -0.2) is 23.1 Å². The van der Waals surface area contributed by atoms with Crippen LogP contribution in [0.2, 0.25) is 0 Å². The van der Waals surface area contributed by atoms with E-state index in [2.05, 4.69) is 5.32 Å². The number of aliphatic hydroxyl groups is 1. The van der Waals surface area contributed by atoms with Crippen LogP contribution in [0.1, 0.15) is 35.4 Å². The third-order valence-electron chi connectivity index (χ3n) is 5.96. The number of aromatic nitrogens is 2. The number of rotatable bonds is 4. The lowest BCUT2D eigenvalue weighted by molar-refractivity contribution is -0.115. The van der Waals surface area contributed by atoms with E-state index < -0.39 is 17.5 Å². The zero-order chi connectivity index (χ0) is 23.8. The summed E-state index contributed by atoms with van der Waals surface area (Å²) >= 11 is 0. The van der Waals surface area contributed by atoms with Crippen molar-refractivity contribution in [2.45, 2.75) is 32.1 Å². The molecular formula is C26H20F3N3O2. The molecule has 1 heterocycles. The summed E-state index contributed by atoms with van der Waals surface area (Å²) in [5, 5.41) is 12.5. The molecule has 0 fully saturated rings. The first kappa shape index (κ1) is 21.9. The van der Waals surface area contributed by atoms with Crippen molar-refractivity contribution in [1.29, 1.82) is 0 Å². The van der Waals surface area contributed by atoms with Gasteiger partial charge in [0, 0.05) is 12.0 Å². The normalized spacial score (nSPS) is 14.6. The summed E-state index contributed by atoms with van der Waals surface area (Å²) < 4.78 is 40.5. The van der Waals surface area contributed by atoms with Gasteiger partial charge in [-0.2, -0.15) is 0 Å². The number of halogens is 3. The van der Waals surface area contributed by atoms with Gasteiger partial charge in [-0.15, -0.1) is 0 Å². The topological polar surface area (TPSA) is 75.1 Å². The molecule has 0 saturated heterocycles. The highest BCUT2D eigenvalue weighted by molar-refractivity contribution is 5.94. The molecule has 5 rings (SSSR count). The Morgan fingerprint density at radius 3 is 2.53 bits per heavy atom. The van der Waals surface area contributed by atoms with Crippen molar-refractivity contribution < 1.29 is 23.1 Å². The maximum atomic E-state index is 13.7. The number of aryl methyl sites for hydroxylation is 2. The van der Waals surface area contributed by atoms with Crippen LogP contribution in [-0.4, -0.2) is 21.0 Å². The van der Waals surface area contributed by atoms with E-state index in [1.165, 1.54) is 18.2 Å². The van der Waals surface area contributed by atoms with Crippen molar-refractivity contribution in [1.82, 2.24) is 9.97 Å². The van der Waals surface area contributed by atoms with E-state index >= 15 is 0 Å². The molecule has 0 aliphatic heterocycles. The van der Waals surface area contributed by atoms with Crippen molar-refractivity contribution in [2.75, 3.05) is 5.32 Å². The SMILES string of the molecule is O=C(Cc1ccc(F)c(F)c1)Nc1nc2c(nc1C1=CC=C(O)CC1)-c1ccc(F)cc1CC2. The van der Waals surface area contributed by atoms with E-state index in [1.54, 1.807) is 18.2 Å². The summed E-state index contributed by atoms with van der Waals surface area (Å²) in [4.78, 5) is 22.3. The second kappa shape index (κ2) is 8.78. The number of nitrogens with zero attached hydrogens (tertiary/aromatic N) is 2. The van der Waals surface area contributed by atoms with Crippen LogP contribution < -0.4 is 5.32 Å². The van der Waals surface area contributed by atoms with Crippen LogP contribution in [0.3, 0.4) is 0 Å². The summed E-state index contributed by atoms with van der Waals surface area (Å²) in [6.45, 7) is 0. The molecule has 2 N–H and O–H groups in total. The third kappa shape index (κ3) is 4.31. The highest BCUT2D eigenvalue weighted by Gasteiger charge is 2.25. The smallest absolute Gasteiger partial charge is 0.230 e. The van der Waals surface area contributed by atoms with Gasteiger partial charge in [0.1, 0.15) is 11.5 Å². The number of benzene rings is 2. The zero-order valence-electron chi connectivity index (χ0n) is 18.0. The molecular weight excluding hydrogens is 443 g/mol. The Bertz CT molecular complexity index is 1380. The van der Waals surface area contributed by atoms with Crippen LogP contribution in [0.4, 0.5) is 19.0 Å². The Morgan fingerprint density at radius 1 is 0.912 bits per heavy atom. The molecule has 34 heavy (non-hydrogen) atoms. The molecule has 0 radical (unpaired) electrons. The fourth-order valence-corrected chi connectivity index (χ4v) is 4.26. The molecule has 172 valence electrons. The first-order valence-corrected chi connectivity index (χ1v) is 10.9. The van der Waals surface area contributed by atoms with E-state index in [9.17, 15) is 23.1 Å². The molecule has 2 aliphatic rings. The first-order valence-electron chi connectivity index (χ1n) is 10.9. The second-order valence-corrected chi connectivity index (χ2v) is 8.34. The molecule has 2 aliphatic carbocycles. The number of allylic oxidation sites excluding steroid dienone is 4. The van der Waals surface area contributed by atoms with Crippen molar-refractivity contribution in [3.05, 3.63) is 94.3 Å². The summed E-state index contributed by atoms with van der Waals surface area (Å²) in [7, 11) is 0. The predicted octanol–water partition coefficient (Wildman–Crippen LogP) is 5.46. The standard InChI is InChI=1S/C26H20F3N3O2/c27-17-5-8-19-16(13-17)4-10-22-25(19)32-24(15-2-6-18(33)7-3-15)26(30-22)31-23(34)12-14-1-9-20(28)21(29)11-14/h1-2,5-6,8-9,11,13,33H,3-4,7,10,12H2,(H,30,31,34). The van der Waals surface area contributed by atoms with Gasteiger partial charge in [0.15, 0.2) is 17.5 Å². The van der Waals surface area contributed by atoms with Crippen LogP contribution >= 0.6 is 0 Å². The average molecular weight is 463 g/mol. The summed E-state index contributed by atoms with van der Waals surface area (Å²) in [6, 6.07) is 7.88. The average Bonchev–Trinajstić information content (AvgIpc) is 2.81. The molecule has 5 nitrogen and oxygen atoms in total. The van der Waals surface area contributed by atoms with Gasteiger partial charge in [0.25, 0.3) is 0 Å². The van der Waals surface area contributed by atoms with Crippen molar-refractivity contribution in [3.63, 3.8) is 0 Å². The molecule has 1 aromatic heterocycles. The number of carbonyl (C=O) groups excluding carboxylic acids is 1. The van der Waals surface area contributed by atoms with Gasteiger partial charge in [-0.05, 0) is 72.4 Å². The fraction of sp³-hybridized carbons (Fsp3) is 0.192. The van der Waals surface area contributed by atoms with Gasteiger partial charge >= 0.3 is 0 Å². The summed E-state index contributed by atoms with van der Waals surface area (Å²) in [5.74, 6) is -2.25. The van der Waals surface area contributed by atoms with Gasteiger partial charge < -0.3 is 10.4 Å². The molecule has 0 unspecified atom stereocenters. The largest absolute Gasteiger partial charge is 0.512 e. The monoisotopic (exact) mass is 463 g/mol. The summed E-state index contributed by atoms with van der Waals surface area (Å²) in [6.07, 6.45) is 5.19. The highest BCUT2D eigenvalue weighted by atomic mass is 19.2. The minimum atomic E-state index is -1.02. The Morgan fingerprint density at radius 2 is 1.76 bits per heavy atom. The van der Waals surface area contributed by atoms with E-state index in [0.29, 0.717) is 48.3 Å². The molecule has 2 aromatic carbocycles. The van der Waals surface area contributed by atoms with E-state index in [4.69, 9.17) is 9.97 Å². The van der Waals surface area contributed by atoms with Crippen LogP contribution in [0.5, 0.6) is 0 Å². The minimum Gasteiger partial charge on any atom is -0.512 e. The summed E-state index contributed by atoms with van der Waals surface area (Å²) in [5.41, 5.74) is 4.52. The third-order valence-corrected chi connectivity index (χ3v) is 5.96. The number of anilines is 1. The van der Waals surface area contributed by atoms with E-state index in [-0.39, 0.29) is 23.8 Å². The van der Waals surface area contributed by atoms with Gasteiger partial charge in [0.2, 0.25) is 5.91 Å². The number of fused-ring (bicyclic) bond motifs is 3. The lowest BCUT2D eigenvalue weighted by Gasteiger charge is -2.22. The second-order valence-electron chi connectivity index (χ2n) is 8.34. The molecule has 0 saturated carbocycles. The number of aliphatic hydroxyl groups excluding tert-OH is 1. The maximum Gasteiger partial charge on any atom is 0.230 e. The molecule has 0 atom stereocenters. The Labute approximate surface area is 193 Å². The first-order chi connectivity index (χ1) is 16.4. The van der Waals surface area contributed by atoms with Crippen LogP contribution in [0.15, 0.2) is 54.3 Å². The molecule has 8 heteroatoms. The van der Waals surface area contributed by atoms with E-state index in [1.807, 2.05) is 0 Å². The lowest BCUT2D eigenvalue weighted by atomic mass is 9.91. The fourth-order valence-electron chi connectivity index (χ4n) is 4.26. The number of amides is 1. The van der Waals surface area contributed by atoms with Crippen LogP contribution in [0.25, 0.3) is 16.8 Å². The molecule has 0 spiro atoms. The van der Waals surface area contributed by atoms with Crippen molar-refractivity contribution in [2.24, 2.45) is 0 Å². The van der Waals surface area contributed by atoms with E-state index in [0.717, 1.165) is 28.8 Å². The highest BCUT2D eigenvalue weighted by Crippen LogP contribution is 2.36. The number of nitrogens with one attached hydrogen (secondary N) is 1. The van der Waals surface area contributed by atoms with Gasteiger partial charge in [-0.1, -0.05) is 12.1 Å². The van der Waals surface area contributed by atoms with Crippen LogP contribution in [0, 0.1) is 17.5 Å². The minimum absolute atomic E-state index is 0.169. The van der Waals surface area contributed by atoms with Crippen molar-refractivity contribution in [3.8, 4) is 11.3 Å². The number of hydrogen-bond acceptors (Lipinski definition) is 4. The Kier molecular flexibility index (Phi) is 5.65. The van der Waals surface area contributed by atoms with Crippen molar-refractivity contribution >= 4 is 17.3 Å². The van der Waals surface area contributed by atoms with Gasteiger partial charge in [0.05, 0.1) is 23.6 Å². The Hall–Kier alpha value is -3.94. The quantitative estimate of drug-likeness (QED) is 0.539. The predicted molar refractivity (Wildman–Crippen MR) is 121 cm³/mol. The molecule has 0 bridgehead atoms. The molecule has 3 aromatic rings. The maximum absolute atomic E-state index is 13.7.